The van der Waals surface area contributed by atoms with Crippen LogP contribution < -0.4 is 5.32 Å². The molecule has 2 rings (SSSR count). The largest absolute Gasteiger partial charge is 0.478 e. The first-order chi connectivity index (χ1) is 11.2. The zero-order chi connectivity index (χ0) is 16.7. The van der Waals surface area contributed by atoms with Gasteiger partial charge in [-0.05, 0) is 49.5 Å². The van der Waals surface area contributed by atoms with Gasteiger partial charge in [0.15, 0.2) is 0 Å². The zero-order valence-corrected chi connectivity index (χ0v) is 14.4. The van der Waals surface area contributed by atoms with Crippen molar-refractivity contribution in [2.24, 2.45) is 5.92 Å². The summed E-state index contributed by atoms with van der Waals surface area (Å²) in [7, 11) is 0. The van der Waals surface area contributed by atoms with Crippen LogP contribution in [0.1, 0.15) is 55.5 Å². The molecule has 0 bridgehead atoms. The molecule has 128 valence electrons. The number of hydrogen-bond acceptors (Lipinski definition) is 3. The summed E-state index contributed by atoms with van der Waals surface area (Å²) in [6.45, 7) is 8.71. The molecule has 2 N–H and O–H groups in total. The second kappa shape index (κ2) is 9.04. The molecule has 1 aliphatic rings. The monoisotopic (exact) mass is 318 g/mol. The maximum absolute atomic E-state index is 11.0. The molecule has 1 aliphatic heterocycles. The Balaban J connectivity index is 1.92. The van der Waals surface area contributed by atoms with Gasteiger partial charge in [0.2, 0.25) is 0 Å². The zero-order valence-electron chi connectivity index (χ0n) is 14.4. The Morgan fingerprint density at radius 2 is 1.96 bits per heavy atom. The van der Waals surface area contributed by atoms with E-state index in [-0.39, 0.29) is 0 Å². The summed E-state index contributed by atoms with van der Waals surface area (Å²) >= 11 is 0. The molecule has 1 fully saturated rings. The quantitative estimate of drug-likeness (QED) is 0.733. The summed E-state index contributed by atoms with van der Waals surface area (Å²) in [4.78, 5) is 13.7. The normalized spacial score (nSPS) is 16.8. The molecule has 1 atom stereocenters. The topological polar surface area (TPSA) is 52.6 Å². The van der Waals surface area contributed by atoms with Crippen molar-refractivity contribution >= 4 is 5.97 Å². The van der Waals surface area contributed by atoms with E-state index in [0.717, 1.165) is 24.6 Å². The Bertz CT molecular complexity index is 492. The minimum absolute atomic E-state index is 0.361. The molecular formula is C19H30N2O2. The molecule has 4 heteroatoms. The highest BCUT2D eigenvalue weighted by molar-refractivity contribution is 5.87. The lowest BCUT2D eigenvalue weighted by atomic mass is 9.93. The van der Waals surface area contributed by atoms with E-state index in [4.69, 9.17) is 5.11 Å². The summed E-state index contributed by atoms with van der Waals surface area (Å²) < 4.78 is 0. The van der Waals surface area contributed by atoms with E-state index in [1.165, 1.54) is 38.8 Å². The number of hydrogen-bond donors (Lipinski definition) is 2. The van der Waals surface area contributed by atoms with Gasteiger partial charge < -0.3 is 10.4 Å². The lowest BCUT2D eigenvalue weighted by Crippen LogP contribution is -2.45. The third-order valence-corrected chi connectivity index (χ3v) is 5.06. The Morgan fingerprint density at radius 3 is 2.57 bits per heavy atom. The summed E-state index contributed by atoms with van der Waals surface area (Å²) in [5.74, 6) is -0.134. The van der Waals surface area contributed by atoms with Crippen LogP contribution >= 0.6 is 0 Å². The summed E-state index contributed by atoms with van der Waals surface area (Å²) in [6.07, 6.45) is 5.07. The fraction of sp³-hybridized carbons (Fsp3) is 0.632. The van der Waals surface area contributed by atoms with E-state index in [2.05, 4.69) is 24.1 Å². The van der Waals surface area contributed by atoms with Crippen LogP contribution in [0.2, 0.25) is 0 Å². The molecular weight excluding hydrogens is 288 g/mol. The second-order valence-electron chi connectivity index (χ2n) is 6.52. The van der Waals surface area contributed by atoms with Crippen molar-refractivity contribution < 1.29 is 9.90 Å². The van der Waals surface area contributed by atoms with Crippen molar-refractivity contribution in [1.82, 2.24) is 10.2 Å². The minimum atomic E-state index is -0.862. The highest BCUT2D eigenvalue weighted by Gasteiger charge is 2.27. The van der Waals surface area contributed by atoms with E-state index >= 15 is 0 Å². The van der Waals surface area contributed by atoms with Gasteiger partial charge in [0, 0.05) is 19.1 Å². The van der Waals surface area contributed by atoms with Gasteiger partial charge in [0.25, 0.3) is 0 Å². The first-order valence-electron chi connectivity index (χ1n) is 8.92. The van der Waals surface area contributed by atoms with Gasteiger partial charge in [0.1, 0.15) is 0 Å². The Labute approximate surface area is 139 Å². The van der Waals surface area contributed by atoms with Crippen molar-refractivity contribution in [2.45, 2.75) is 52.1 Å². The number of nitrogens with one attached hydrogen (secondary N) is 1. The Hall–Kier alpha value is -1.39. The highest BCUT2D eigenvalue weighted by Crippen LogP contribution is 2.22. The van der Waals surface area contributed by atoms with Gasteiger partial charge in [-0.1, -0.05) is 38.8 Å². The molecule has 0 aromatic heterocycles. The molecule has 23 heavy (non-hydrogen) atoms. The highest BCUT2D eigenvalue weighted by atomic mass is 16.4. The molecule has 1 aromatic rings. The van der Waals surface area contributed by atoms with Crippen LogP contribution in [0.5, 0.6) is 0 Å². The number of carboxylic acids is 1. The number of likely N-dealkylation sites (tertiary alicyclic amines) is 1. The third kappa shape index (κ3) is 5.05. The van der Waals surface area contributed by atoms with Crippen molar-refractivity contribution in [1.29, 1.82) is 0 Å². The molecule has 1 unspecified atom stereocenters. The Morgan fingerprint density at radius 1 is 1.26 bits per heavy atom. The van der Waals surface area contributed by atoms with Crippen LogP contribution in [0.25, 0.3) is 0 Å². The number of rotatable bonds is 9. The molecule has 1 saturated heterocycles. The lowest BCUT2D eigenvalue weighted by Gasteiger charge is -2.34. The Kier molecular flexibility index (Phi) is 7.06. The van der Waals surface area contributed by atoms with E-state index in [1.807, 2.05) is 12.1 Å². The van der Waals surface area contributed by atoms with Crippen LogP contribution in [-0.2, 0) is 6.54 Å². The number of aromatic carboxylic acids is 1. The molecule has 1 heterocycles. The fourth-order valence-electron chi connectivity index (χ4n) is 3.68. The summed E-state index contributed by atoms with van der Waals surface area (Å²) in [5.41, 5.74) is 1.40. The maximum atomic E-state index is 11.0. The van der Waals surface area contributed by atoms with Gasteiger partial charge in [-0.15, -0.1) is 0 Å². The standard InChI is InChI=1S/C19H30N2O2/c1-3-16(4-2)18(21-10-5-6-11-21)14-20-13-15-8-7-9-17(12-15)19(22)23/h7-9,12,16,18,20H,3-6,10-11,13-14H2,1-2H3,(H,22,23). The van der Waals surface area contributed by atoms with E-state index in [0.29, 0.717) is 11.6 Å². The molecule has 0 spiro atoms. The van der Waals surface area contributed by atoms with Crippen molar-refractivity contribution in [3.63, 3.8) is 0 Å². The molecule has 0 amide bonds. The predicted molar refractivity (Wildman–Crippen MR) is 93.8 cm³/mol. The molecule has 1 aromatic carbocycles. The van der Waals surface area contributed by atoms with E-state index < -0.39 is 5.97 Å². The first-order valence-corrected chi connectivity index (χ1v) is 8.92. The second-order valence-corrected chi connectivity index (χ2v) is 6.52. The van der Waals surface area contributed by atoms with Gasteiger partial charge in [0.05, 0.1) is 5.56 Å². The maximum Gasteiger partial charge on any atom is 0.335 e. The number of benzene rings is 1. The van der Waals surface area contributed by atoms with Crippen molar-refractivity contribution in [3.8, 4) is 0 Å². The average Bonchev–Trinajstić information content (AvgIpc) is 3.09. The van der Waals surface area contributed by atoms with Crippen LogP contribution in [0, 0.1) is 5.92 Å². The predicted octanol–water partition coefficient (Wildman–Crippen LogP) is 3.38. The molecule has 4 nitrogen and oxygen atoms in total. The van der Waals surface area contributed by atoms with E-state index in [9.17, 15) is 4.79 Å². The fourth-order valence-corrected chi connectivity index (χ4v) is 3.68. The number of carbonyl (C=O) groups is 1. The van der Waals surface area contributed by atoms with Gasteiger partial charge in [-0.25, -0.2) is 4.79 Å². The van der Waals surface area contributed by atoms with Crippen LogP contribution in [-0.4, -0.2) is 41.7 Å². The molecule has 0 radical (unpaired) electrons. The summed E-state index contributed by atoms with van der Waals surface area (Å²) in [5, 5.41) is 12.6. The molecule has 0 aliphatic carbocycles. The van der Waals surface area contributed by atoms with Gasteiger partial charge in [-0.3, -0.25) is 4.90 Å². The van der Waals surface area contributed by atoms with Crippen LogP contribution in [0.15, 0.2) is 24.3 Å². The van der Waals surface area contributed by atoms with Crippen molar-refractivity contribution in [2.75, 3.05) is 19.6 Å². The third-order valence-electron chi connectivity index (χ3n) is 5.06. The SMILES string of the molecule is CCC(CC)C(CNCc1cccc(C(=O)O)c1)N1CCCC1. The van der Waals surface area contributed by atoms with Crippen LogP contribution in [0.4, 0.5) is 0 Å². The van der Waals surface area contributed by atoms with Crippen LogP contribution in [0.3, 0.4) is 0 Å². The lowest BCUT2D eigenvalue weighted by molar-refractivity contribution is 0.0696. The average molecular weight is 318 g/mol. The first kappa shape index (κ1) is 18.0. The van der Waals surface area contributed by atoms with Gasteiger partial charge in [-0.2, -0.15) is 0 Å². The van der Waals surface area contributed by atoms with Gasteiger partial charge >= 0.3 is 5.97 Å². The number of nitrogens with zero attached hydrogens (tertiary/aromatic N) is 1. The smallest absolute Gasteiger partial charge is 0.335 e. The minimum Gasteiger partial charge on any atom is -0.478 e. The summed E-state index contributed by atoms with van der Waals surface area (Å²) in [6, 6.07) is 7.80. The van der Waals surface area contributed by atoms with Crippen molar-refractivity contribution in [3.05, 3.63) is 35.4 Å². The van der Waals surface area contributed by atoms with E-state index in [1.54, 1.807) is 12.1 Å². The molecule has 0 saturated carbocycles. The number of carboxylic acid groups (broad SMARTS) is 1.